The van der Waals surface area contributed by atoms with Crippen LogP contribution in [-0.4, -0.2) is 15.5 Å². The van der Waals surface area contributed by atoms with Crippen molar-refractivity contribution in [3.8, 4) is 0 Å². The summed E-state index contributed by atoms with van der Waals surface area (Å²) >= 11 is 16.0. The van der Waals surface area contributed by atoms with Gasteiger partial charge in [-0.15, -0.1) is 0 Å². The molecular weight excluding hydrogens is 218 g/mol. The summed E-state index contributed by atoms with van der Waals surface area (Å²) in [4.78, 5) is 0. The summed E-state index contributed by atoms with van der Waals surface area (Å²) in [6, 6.07) is 0. The molecule has 0 saturated heterocycles. The Morgan fingerprint density at radius 3 is 1.78 bits per heavy atom. The molecule has 1 nitrogen and oxygen atoms in total. The Bertz CT molecular complexity index is 63.3. The second-order valence-electron chi connectivity index (χ2n) is 1.44. The van der Waals surface area contributed by atoms with E-state index < -0.39 is 3.79 Å². The van der Waals surface area contributed by atoms with Crippen LogP contribution in [0.3, 0.4) is 0 Å². The van der Waals surface area contributed by atoms with E-state index in [1.807, 2.05) is 0 Å². The molecule has 54 valence electrons. The molecule has 0 heterocycles. The van der Waals surface area contributed by atoms with Crippen LogP contribution in [0.2, 0.25) is 0 Å². The monoisotopic (exact) mass is 224 g/mol. The van der Waals surface area contributed by atoms with E-state index in [-0.39, 0.29) is 28.3 Å². The molecule has 0 atom stereocenters. The van der Waals surface area contributed by atoms with E-state index in [0.717, 1.165) is 0 Å². The number of alkyl halides is 3. The number of aliphatic hydroxyl groups is 1. The van der Waals surface area contributed by atoms with E-state index in [9.17, 15) is 0 Å². The molecule has 9 heavy (non-hydrogen) atoms. The number of hydrogen-bond donors (Lipinski definition) is 1. The molecule has 0 fully saturated rings. The molecule has 0 rings (SSSR count). The van der Waals surface area contributed by atoms with Crippen molar-refractivity contribution in [3.05, 3.63) is 0 Å². The van der Waals surface area contributed by atoms with E-state index in [1.165, 1.54) is 0 Å². The first-order chi connectivity index (χ1) is 3.56. The molecule has 0 aromatic rings. The van der Waals surface area contributed by atoms with Gasteiger partial charge in [-0.1, -0.05) is 34.8 Å². The third-order valence-corrected chi connectivity index (χ3v) is 1.19. The van der Waals surface area contributed by atoms with Gasteiger partial charge in [0.1, 0.15) is 0 Å². The minimum absolute atomic E-state index is 0. The number of hydrogen-bond acceptors (Lipinski definition) is 1. The maximum Gasteiger partial charge on any atom is 0.190 e. The Kier molecular flexibility index (Phi) is 9.16. The molecule has 5 heteroatoms. The first-order valence-electron chi connectivity index (χ1n) is 2.24. The van der Waals surface area contributed by atoms with Crippen LogP contribution in [0.25, 0.3) is 0 Å². The van der Waals surface area contributed by atoms with E-state index in [2.05, 4.69) is 0 Å². The molecule has 0 aromatic heterocycles. The molecule has 0 amide bonds. The van der Waals surface area contributed by atoms with Crippen molar-refractivity contribution < 1.29 is 26.8 Å². The first-order valence-corrected chi connectivity index (χ1v) is 3.37. The molecule has 0 aromatic carbocycles. The summed E-state index contributed by atoms with van der Waals surface area (Å²) < 4.78 is -1.19. The topological polar surface area (TPSA) is 20.2 Å². The fourth-order valence-corrected chi connectivity index (χ4v) is 0.680. The van der Waals surface area contributed by atoms with Crippen LogP contribution in [0, 0.1) is 0 Å². The van der Waals surface area contributed by atoms with Crippen molar-refractivity contribution >= 4 is 34.8 Å². The largest absolute Gasteiger partial charge is 0.396 e. The van der Waals surface area contributed by atoms with Crippen molar-refractivity contribution in [2.24, 2.45) is 0 Å². The van der Waals surface area contributed by atoms with Crippen molar-refractivity contribution in [2.45, 2.75) is 16.6 Å². The van der Waals surface area contributed by atoms with Crippen molar-refractivity contribution in [2.75, 3.05) is 6.61 Å². The van der Waals surface area contributed by atoms with Crippen LogP contribution < -0.4 is 0 Å². The van der Waals surface area contributed by atoms with E-state index in [4.69, 9.17) is 39.9 Å². The second kappa shape index (κ2) is 6.27. The van der Waals surface area contributed by atoms with Gasteiger partial charge in [0.15, 0.2) is 3.79 Å². The van der Waals surface area contributed by atoms with Crippen LogP contribution >= 0.6 is 34.8 Å². The maximum atomic E-state index is 8.25. The number of aliphatic hydroxyl groups excluding tert-OH is 1. The van der Waals surface area contributed by atoms with Crippen LogP contribution in [0.4, 0.5) is 0 Å². The molecule has 0 unspecified atom stereocenters. The Morgan fingerprint density at radius 1 is 1.22 bits per heavy atom. The van der Waals surface area contributed by atoms with Gasteiger partial charge in [0.2, 0.25) is 0 Å². The zero-order valence-corrected chi connectivity index (χ0v) is 8.53. The Balaban J connectivity index is 0. The molecule has 0 spiro atoms. The smallest absolute Gasteiger partial charge is 0.190 e. The standard InChI is InChI=1S/C4H7Cl3O.Ti/c5-4(6,7)2-1-3-8;/h8H,1-3H2;. The normalized spacial score (nSPS) is 10.7. The molecule has 0 aliphatic heterocycles. The molecule has 0 aliphatic carbocycles. The minimum Gasteiger partial charge on any atom is -0.396 e. The third-order valence-electron chi connectivity index (χ3n) is 0.618. The molecule has 0 aliphatic rings. The molecule has 0 bridgehead atoms. The predicted molar refractivity (Wildman–Crippen MR) is 36.6 cm³/mol. The van der Waals surface area contributed by atoms with Crippen LogP contribution in [0.5, 0.6) is 0 Å². The van der Waals surface area contributed by atoms with Crippen molar-refractivity contribution in [1.82, 2.24) is 0 Å². The van der Waals surface area contributed by atoms with Gasteiger partial charge in [0, 0.05) is 28.3 Å². The SMILES string of the molecule is OCCCC(Cl)(Cl)Cl.[Ti]. The summed E-state index contributed by atoms with van der Waals surface area (Å²) in [6.45, 7) is 0.0773. The summed E-state index contributed by atoms with van der Waals surface area (Å²) in [6.07, 6.45) is 0.949. The predicted octanol–water partition coefficient (Wildman–Crippen LogP) is 2.13. The van der Waals surface area contributed by atoms with Gasteiger partial charge in [-0.3, -0.25) is 0 Å². The fourth-order valence-electron chi connectivity index (χ4n) is 0.280. The van der Waals surface area contributed by atoms with Gasteiger partial charge in [0.25, 0.3) is 0 Å². The van der Waals surface area contributed by atoms with Crippen molar-refractivity contribution in [3.63, 3.8) is 0 Å². The average molecular weight is 225 g/mol. The minimum atomic E-state index is -1.19. The second-order valence-corrected chi connectivity index (χ2v) is 3.96. The van der Waals surface area contributed by atoms with E-state index >= 15 is 0 Å². The van der Waals surface area contributed by atoms with Gasteiger partial charge in [-0.2, -0.15) is 0 Å². The van der Waals surface area contributed by atoms with Gasteiger partial charge >= 0.3 is 0 Å². The zero-order chi connectivity index (χ0) is 6.62. The zero-order valence-electron chi connectivity index (χ0n) is 4.70. The Hall–Kier alpha value is 1.54. The molecular formula is C4H7Cl3OTi. The van der Waals surface area contributed by atoms with Crippen LogP contribution in [-0.2, 0) is 21.7 Å². The number of rotatable bonds is 2. The fraction of sp³-hybridized carbons (Fsp3) is 1.00. The van der Waals surface area contributed by atoms with Crippen LogP contribution in [0.1, 0.15) is 12.8 Å². The number of halogens is 3. The summed E-state index contributed by atoms with van der Waals surface area (Å²) in [5.74, 6) is 0. The van der Waals surface area contributed by atoms with Crippen LogP contribution in [0.15, 0.2) is 0 Å². The summed E-state index contributed by atoms with van der Waals surface area (Å²) in [5, 5.41) is 8.25. The van der Waals surface area contributed by atoms with Gasteiger partial charge in [-0.25, -0.2) is 0 Å². The summed E-state index contributed by atoms with van der Waals surface area (Å²) in [7, 11) is 0. The Labute approximate surface area is 84.5 Å². The first kappa shape index (κ1) is 13.2. The maximum absolute atomic E-state index is 8.25. The van der Waals surface area contributed by atoms with E-state index in [1.54, 1.807) is 0 Å². The average Bonchev–Trinajstić information content (AvgIpc) is 1.59. The van der Waals surface area contributed by atoms with Crippen molar-refractivity contribution in [1.29, 1.82) is 0 Å². The molecule has 1 N–H and O–H groups in total. The van der Waals surface area contributed by atoms with E-state index in [0.29, 0.717) is 12.8 Å². The van der Waals surface area contributed by atoms with Gasteiger partial charge < -0.3 is 5.11 Å². The van der Waals surface area contributed by atoms with Gasteiger partial charge in [0.05, 0.1) is 0 Å². The van der Waals surface area contributed by atoms with Gasteiger partial charge in [-0.05, 0) is 12.8 Å². The summed E-state index contributed by atoms with van der Waals surface area (Å²) in [5.41, 5.74) is 0. The molecule has 0 radical (unpaired) electrons. The molecule has 0 saturated carbocycles. The Morgan fingerprint density at radius 2 is 1.67 bits per heavy atom. The third kappa shape index (κ3) is 12.7. The quantitative estimate of drug-likeness (QED) is 0.564.